The van der Waals surface area contributed by atoms with Crippen molar-refractivity contribution in [3.8, 4) is 0 Å². The lowest BCUT2D eigenvalue weighted by molar-refractivity contribution is 0.312. The van der Waals surface area contributed by atoms with Crippen LogP contribution in [0.25, 0.3) is 16.7 Å². The van der Waals surface area contributed by atoms with Crippen molar-refractivity contribution in [2.75, 3.05) is 38.1 Å². The zero-order valence-corrected chi connectivity index (χ0v) is 15.1. The van der Waals surface area contributed by atoms with Crippen molar-refractivity contribution in [2.45, 2.75) is 13.5 Å². The minimum Gasteiger partial charge on any atom is -0.367 e. The first-order valence-corrected chi connectivity index (χ1v) is 8.82. The lowest BCUT2D eigenvalue weighted by Crippen LogP contribution is -2.44. The van der Waals surface area contributed by atoms with Crippen LogP contribution in [0.2, 0.25) is 0 Å². The van der Waals surface area contributed by atoms with Gasteiger partial charge in [0, 0.05) is 38.8 Å². The third kappa shape index (κ3) is 2.47. The quantitative estimate of drug-likeness (QED) is 0.711. The molecule has 0 unspecified atom stereocenters. The Morgan fingerprint density at radius 3 is 2.64 bits per heavy atom. The number of aromatic nitrogens is 3. The predicted octanol–water partition coefficient (Wildman–Crippen LogP) is 2.22. The van der Waals surface area contributed by atoms with Crippen molar-refractivity contribution in [3.05, 3.63) is 39.1 Å². The Kier molecular flexibility index (Phi) is 3.88. The molecule has 0 radical (unpaired) electrons. The second-order valence-electron chi connectivity index (χ2n) is 6.43. The molecule has 1 fully saturated rings. The van der Waals surface area contributed by atoms with Gasteiger partial charge in [-0.25, -0.2) is 13.6 Å². The van der Waals surface area contributed by atoms with Crippen LogP contribution in [0.1, 0.15) is 6.92 Å². The molecule has 0 bridgehead atoms. The van der Waals surface area contributed by atoms with Gasteiger partial charge in [0.15, 0.2) is 5.82 Å². The van der Waals surface area contributed by atoms with Crippen molar-refractivity contribution in [3.63, 3.8) is 0 Å². The molecule has 0 spiro atoms. The van der Waals surface area contributed by atoms with Crippen LogP contribution in [0.5, 0.6) is 0 Å². The van der Waals surface area contributed by atoms with Crippen LogP contribution in [0.4, 0.5) is 10.1 Å². The standard InChI is InChI=1S/C17H20FN5OS/c1-3-22-12-5-4-11(21-8-6-20(2)7-9-21)15(18)16(12)23-14(22)10-13(25)19-17(23)24/h4-5,10H,3,6-9H2,1-2H3,(H,19,24,25). The average molecular weight is 361 g/mol. The first-order chi connectivity index (χ1) is 12.0. The summed E-state index contributed by atoms with van der Waals surface area (Å²) in [6, 6.07) is 5.41. The van der Waals surface area contributed by atoms with Crippen molar-refractivity contribution < 1.29 is 4.39 Å². The molecular weight excluding hydrogens is 341 g/mol. The molecule has 4 rings (SSSR count). The van der Waals surface area contributed by atoms with E-state index in [1.54, 1.807) is 6.07 Å². The molecule has 1 aliphatic heterocycles. The van der Waals surface area contributed by atoms with E-state index >= 15 is 4.39 Å². The van der Waals surface area contributed by atoms with E-state index in [0.29, 0.717) is 33.6 Å². The second kappa shape index (κ2) is 5.96. The molecule has 1 saturated heterocycles. The highest BCUT2D eigenvalue weighted by Crippen LogP contribution is 2.30. The Bertz CT molecular complexity index is 1070. The molecule has 6 nitrogen and oxygen atoms in total. The Labute approximate surface area is 149 Å². The minimum atomic E-state index is -0.408. The molecule has 1 aliphatic rings. The molecule has 8 heteroatoms. The van der Waals surface area contributed by atoms with Crippen LogP contribution >= 0.6 is 12.2 Å². The number of halogens is 1. The van der Waals surface area contributed by atoms with E-state index < -0.39 is 5.69 Å². The molecule has 3 heterocycles. The van der Waals surface area contributed by atoms with Crippen LogP contribution in [-0.4, -0.2) is 52.1 Å². The monoisotopic (exact) mass is 361 g/mol. The maximum atomic E-state index is 15.4. The number of likely N-dealkylation sites (N-methyl/N-ethyl adjacent to an activating group) is 1. The first kappa shape index (κ1) is 16.3. The number of nitrogens with one attached hydrogen (secondary N) is 1. The zero-order chi connectivity index (χ0) is 17.7. The lowest BCUT2D eigenvalue weighted by atomic mass is 10.2. The van der Waals surface area contributed by atoms with Gasteiger partial charge in [-0.1, -0.05) is 12.2 Å². The van der Waals surface area contributed by atoms with Gasteiger partial charge in [-0.15, -0.1) is 0 Å². The molecular formula is C17H20FN5OS. The third-order valence-corrected chi connectivity index (χ3v) is 5.17. The van der Waals surface area contributed by atoms with E-state index in [1.165, 1.54) is 4.40 Å². The number of aryl methyl sites for hydroxylation is 1. The smallest absolute Gasteiger partial charge is 0.332 e. The fraction of sp³-hybridized carbons (Fsp3) is 0.412. The average Bonchev–Trinajstić information content (AvgIpc) is 2.90. The number of imidazole rings is 1. The number of anilines is 1. The van der Waals surface area contributed by atoms with Gasteiger partial charge in [0.1, 0.15) is 15.8 Å². The fourth-order valence-corrected chi connectivity index (χ4v) is 3.81. The summed E-state index contributed by atoms with van der Waals surface area (Å²) in [6.45, 7) is 5.91. The van der Waals surface area contributed by atoms with E-state index in [-0.39, 0.29) is 5.82 Å². The normalized spacial score (nSPS) is 16.2. The summed E-state index contributed by atoms with van der Waals surface area (Å²) < 4.78 is 19.1. The topological polar surface area (TPSA) is 48.7 Å². The summed E-state index contributed by atoms with van der Waals surface area (Å²) in [5.74, 6) is -0.355. The molecule has 25 heavy (non-hydrogen) atoms. The zero-order valence-electron chi connectivity index (χ0n) is 14.3. The summed E-state index contributed by atoms with van der Waals surface area (Å²) >= 11 is 5.12. The SMILES string of the molecule is CCn1c2ccc(N3CCN(C)CC3)c(F)c2n2c(=O)[nH]c(=S)cc12. The fourth-order valence-electron chi connectivity index (χ4n) is 3.62. The summed E-state index contributed by atoms with van der Waals surface area (Å²) in [6.07, 6.45) is 0. The summed E-state index contributed by atoms with van der Waals surface area (Å²) in [7, 11) is 2.06. The van der Waals surface area contributed by atoms with Crippen LogP contribution < -0.4 is 10.6 Å². The number of rotatable bonds is 2. The molecule has 0 aliphatic carbocycles. The molecule has 1 aromatic carbocycles. The van der Waals surface area contributed by atoms with E-state index in [0.717, 1.165) is 26.2 Å². The number of fused-ring (bicyclic) bond motifs is 3. The molecule has 0 saturated carbocycles. The maximum absolute atomic E-state index is 15.4. The number of nitrogens with zero attached hydrogens (tertiary/aromatic N) is 4. The van der Waals surface area contributed by atoms with E-state index in [9.17, 15) is 4.79 Å². The van der Waals surface area contributed by atoms with Gasteiger partial charge >= 0.3 is 5.69 Å². The van der Waals surface area contributed by atoms with Crippen molar-refractivity contribution in [2.24, 2.45) is 0 Å². The van der Waals surface area contributed by atoms with Gasteiger partial charge in [-0.2, -0.15) is 0 Å². The van der Waals surface area contributed by atoms with Crippen molar-refractivity contribution in [1.82, 2.24) is 18.9 Å². The van der Waals surface area contributed by atoms with E-state index in [2.05, 4.69) is 16.9 Å². The number of H-pyrrole nitrogens is 1. The highest BCUT2D eigenvalue weighted by Gasteiger charge is 2.22. The largest absolute Gasteiger partial charge is 0.367 e. The van der Waals surface area contributed by atoms with E-state index in [1.807, 2.05) is 28.5 Å². The van der Waals surface area contributed by atoms with Gasteiger partial charge in [-0.3, -0.25) is 4.98 Å². The van der Waals surface area contributed by atoms with Crippen LogP contribution in [0.3, 0.4) is 0 Å². The predicted molar refractivity (Wildman–Crippen MR) is 99.7 cm³/mol. The van der Waals surface area contributed by atoms with Crippen molar-refractivity contribution in [1.29, 1.82) is 0 Å². The van der Waals surface area contributed by atoms with Crippen LogP contribution in [-0.2, 0) is 6.54 Å². The number of benzene rings is 1. The highest BCUT2D eigenvalue weighted by molar-refractivity contribution is 7.71. The van der Waals surface area contributed by atoms with E-state index in [4.69, 9.17) is 12.2 Å². The molecule has 3 aromatic rings. The second-order valence-corrected chi connectivity index (χ2v) is 6.87. The van der Waals surface area contributed by atoms with Gasteiger partial charge in [-0.05, 0) is 26.1 Å². The van der Waals surface area contributed by atoms with Gasteiger partial charge < -0.3 is 14.4 Å². The summed E-state index contributed by atoms with van der Waals surface area (Å²) in [5, 5.41) is 0. The number of hydrogen-bond acceptors (Lipinski definition) is 4. The molecule has 132 valence electrons. The lowest BCUT2D eigenvalue weighted by Gasteiger charge is -2.34. The Hall–Kier alpha value is -2.19. The number of piperazine rings is 1. The molecule has 2 aromatic heterocycles. The number of hydrogen-bond donors (Lipinski definition) is 1. The van der Waals surface area contributed by atoms with Gasteiger partial charge in [0.25, 0.3) is 0 Å². The Balaban J connectivity index is 2.02. The van der Waals surface area contributed by atoms with Gasteiger partial charge in [0.2, 0.25) is 0 Å². The van der Waals surface area contributed by atoms with Crippen LogP contribution in [0, 0.1) is 10.5 Å². The molecule has 0 atom stereocenters. The Morgan fingerprint density at radius 2 is 1.96 bits per heavy atom. The van der Waals surface area contributed by atoms with Gasteiger partial charge in [0.05, 0.1) is 11.2 Å². The summed E-state index contributed by atoms with van der Waals surface area (Å²) in [5.41, 5.74) is 1.76. The molecule has 0 amide bonds. The molecule has 1 N–H and O–H groups in total. The Morgan fingerprint density at radius 1 is 1.24 bits per heavy atom. The first-order valence-electron chi connectivity index (χ1n) is 8.41. The minimum absolute atomic E-state index is 0.310. The third-order valence-electron chi connectivity index (χ3n) is 4.95. The van der Waals surface area contributed by atoms with Crippen molar-refractivity contribution >= 4 is 34.6 Å². The summed E-state index contributed by atoms with van der Waals surface area (Å²) in [4.78, 5) is 19.3. The van der Waals surface area contributed by atoms with Crippen LogP contribution in [0.15, 0.2) is 23.0 Å². The highest BCUT2D eigenvalue weighted by atomic mass is 32.1. The maximum Gasteiger partial charge on any atom is 0.332 e. The number of aromatic amines is 1.